The molecule has 0 bridgehead atoms. The van der Waals surface area contributed by atoms with Crippen molar-refractivity contribution >= 4 is 29.9 Å². The summed E-state index contributed by atoms with van der Waals surface area (Å²) in [5, 5.41) is 18.0. The molecular formula is C56H55N7O7. The van der Waals surface area contributed by atoms with Crippen LogP contribution in [0.25, 0.3) is 45.7 Å². The second kappa shape index (κ2) is 22.3. The molecule has 70 heavy (non-hydrogen) atoms. The lowest BCUT2D eigenvalue weighted by Crippen LogP contribution is -2.41. The zero-order valence-electron chi connectivity index (χ0n) is 38.9. The third kappa shape index (κ3) is 11.9. The second-order valence-corrected chi connectivity index (χ2v) is 17.6. The van der Waals surface area contributed by atoms with Gasteiger partial charge < -0.3 is 34.0 Å². The Morgan fingerprint density at radius 2 is 1.09 bits per heavy atom. The molecule has 3 aliphatic rings. The lowest BCUT2D eigenvalue weighted by molar-refractivity contribution is -0.128. The third-order valence-electron chi connectivity index (χ3n) is 13.0. The molecule has 0 atom stereocenters. The van der Waals surface area contributed by atoms with Gasteiger partial charge in [0.1, 0.15) is 47.6 Å². The predicted molar refractivity (Wildman–Crippen MR) is 267 cm³/mol. The van der Waals surface area contributed by atoms with Gasteiger partial charge >= 0.3 is 0 Å². The average molecular weight is 938 g/mol. The maximum absolute atomic E-state index is 13.6. The van der Waals surface area contributed by atoms with Gasteiger partial charge in [-0.15, -0.1) is 0 Å². The fraction of sp³-hybridized carbons (Fsp3) is 0.268. The summed E-state index contributed by atoms with van der Waals surface area (Å²) in [7, 11) is 0. The highest BCUT2D eigenvalue weighted by Gasteiger charge is 2.26. The van der Waals surface area contributed by atoms with E-state index in [0.717, 1.165) is 57.5 Å². The molecule has 5 heterocycles. The Bertz CT molecular complexity index is 2850. The molecule has 0 unspecified atom stereocenters. The average Bonchev–Trinajstić information content (AvgIpc) is 3.41. The van der Waals surface area contributed by atoms with Crippen molar-refractivity contribution in [1.82, 2.24) is 34.9 Å². The molecule has 3 fully saturated rings. The Labute approximate surface area is 407 Å². The minimum atomic E-state index is -0.100. The number of benzene rings is 4. The molecule has 6 aromatic rings. The summed E-state index contributed by atoms with van der Waals surface area (Å²) in [5.41, 5.74) is 6.77. The van der Waals surface area contributed by atoms with E-state index in [9.17, 15) is 19.5 Å². The van der Waals surface area contributed by atoms with Crippen molar-refractivity contribution in [3.8, 4) is 56.5 Å². The van der Waals surface area contributed by atoms with Crippen LogP contribution >= 0.6 is 0 Å². The van der Waals surface area contributed by atoms with Gasteiger partial charge in [-0.1, -0.05) is 43.0 Å². The van der Waals surface area contributed by atoms with Gasteiger partial charge in [0.25, 0.3) is 0 Å². The van der Waals surface area contributed by atoms with Crippen LogP contribution in [0.1, 0.15) is 49.7 Å². The van der Waals surface area contributed by atoms with Gasteiger partial charge in [0, 0.05) is 107 Å². The van der Waals surface area contributed by atoms with Gasteiger partial charge in [-0.3, -0.25) is 14.4 Å². The Morgan fingerprint density at radius 1 is 0.557 bits per heavy atom. The fourth-order valence-corrected chi connectivity index (χ4v) is 9.14. The van der Waals surface area contributed by atoms with Crippen LogP contribution in [0.5, 0.6) is 23.0 Å². The molecule has 4 aromatic carbocycles. The Balaban J connectivity index is 0.784. The number of nitrogens with zero attached hydrogens (tertiary/aromatic N) is 7. The number of hydrogen-bond acceptors (Lipinski definition) is 11. The molecule has 3 saturated heterocycles. The van der Waals surface area contributed by atoms with Gasteiger partial charge in [0.2, 0.25) is 17.7 Å². The summed E-state index contributed by atoms with van der Waals surface area (Å²) in [6.45, 7) is 7.06. The molecule has 9 rings (SSSR count). The molecule has 0 aliphatic carbocycles. The summed E-state index contributed by atoms with van der Waals surface area (Å²) in [6, 6.07) is 30.3. The zero-order chi connectivity index (χ0) is 48.2. The number of rotatable bonds is 14. The molecule has 3 amide bonds. The van der Waals surface area contributed by atoms with E-state index in [1.807, 2.05) is 107 Å². The van der Waals surface area contributed by atoms with Gasteiger partial charge in [-0.2, -0.15) is 10.2 Å². The summed E-state index contributed by atoms with van der Waals surface area (Å²) >= 11 is 0. The number of hydrogen-bond donors (Lipinski definition) is 1. The third-order valence-corrected chi connectivity index (χ3v) is 13.0. The van der Waals surface area contributed by atoms with Crippen LogP contribution in [0.4, 0.5) is 0 Å². The number of amides is 3. The highest BCUT2D eigenvalue weighted by molar-refractivity contribution is 5.94. The van der Waals surface area contributed by atoms with E-state index in [-0.39, 0.29) is 41.8 Å². The first-order chi connectivity index (χ1) is 34.2. The molecule has 356 valence electrons. The number of phenols is 1. The van der Waals surface area contributed by atoms with E-state index in [2.05, 4.69) is 26.7 Å². The summed E-state index contributed by atoms with van der Waals surface area (Å²) in [5.74, 6) is 2.14. The molecular weight excluding hydrogens is 883 g/mol. The zero-order valence-corrected chi connectivity index (χ0v) is 38.9. The quantitative estimate of drug-likeness (QED) is 0.104. The predicted octanol–water partition coefficient (Wildman–Crippen LogP) is 8.70. The van der Waals surface area contributed by atoms with Crippen LogP contribution in [0.15, 0.2) is 147 Å². The van der Waals surface area contributed by atoms with E-state index in [1.54, 1.807) is 47.8 Å². The number of aromatic hydroxyl groups is 1. The maximum Gasteiger partial charge on any atom is 0.246 e. The smallest absolute Gasteiger partial charge is 0.246 e. The van der Waals surface area contributed by atoms with Gasteiger partial charge in [0.05, 0.1) is 18.1 Å². The second-order valence-electron chi connectivity index (χ2n) is 17.6. The first-order valence-electron chi connectivity index (χ1n) is 23.8. The van der Waals surface area contributed by atoms with Crippen LogP contribution in [-0.2, 0) is 14.4 Å². The van der Waals surface area contributed by atoms with Gasteiger partial charge in [-0.05, 0) is 107 Å². The fourth-order valence-electron chi connectivity index (χ4n) is 9.14. The molecule has 3 aliphatic heterocycles. The molecule has 14 nitrogen and oxygen atoms in total. The minimum Gasteiger partial charge on any atom is -0.508 e. The molecule has 2 aromatic heterocycles. The van der Waals surface area contributed by atoms with E-state index in [4.69, 9.17) is 14.2 Å². The van der Waals surface area contributed by atoms with E-state index in [0.29, 0.717) is 82.1 Å². The number of piperidine rings is 3. The van der Waals surface area contributed by atoms with Crippen LogP contribution in [0.2, 0.25) is 0 Å². The Hall–Kier alpha value is -8.13. The van der Waals surface area contributed by atoms with Crippen LogP contribution < -0.4 is 14.2 Å². The lowest BCUT2D eigenvalue weighted by atomic mass is 10.00. The van der Waals surface area contributed by atoms with Crippen molar-refractivity contribution in [3.63, 3.8) is 0 Å². The van der Waals surface area contributed by atoms with Crippen LogP contribution in [0.3, 0.4) is 0 Å². The monoisotopic (exact) mass is 937 g/mol. The number of likely N-dealkylation sites (tertiary alicyclic amines) is 3. The summed E-state index contributed by atoms with van der Waals surface area (Å²) < 4.78 is 19.2. The van der Waals surface area contributed by atoms with E-state index < -0.39 is 0 Å². The standard InChI is InChI=1S/C56H55N7O7/c1-2-54(65)61-27-19-46(20-28-61)69-49-13-9-39(51(35-49)43-17-26-59-60-37-43)11-15-55(66)62-31-23-47(24-32-62)70-50-14-10-40(52(36-50)53-18-25-57-38-58-53)12-16-56(67)63-29-21-45(22-30-63)68-48-8-4-6-42(34-48)41-5-3-7-44(64)33-41/h2-18,25-26,33-38,45-47,64H,1,19-24,27-32H2/b15-11+,16-12+. The summed E-state index contributed by atoms with van der Waals surface area (Å²) in [6.07, 6.45) is 18.8. The number of carbonyl (C=O) groups is 3. The number of carbonyl (C=O) groups excluding carboxylic acids is 3. The highest BCUT2D eigenvalue weighted by atomic mass is 16.5. The minimum absolute atomic E-state index is 0.0200. The molecule has 14 heteroatoms. The van der Waals surface area contributed by atoms with Crippen LogP contribution in [0, 0.1) is 0 Å². The van der Waals surface area contributed by atoms with Crippen molar-refractivity contribution < 1.29 is 33.7 Å². The van der Waals surface area contributed by atoms with Crippen molar-refractivity contribution in [2.75, 3.05) is 39.3 Å². The lowest BCUT2D eigenvalue weighted by Gasteiger charge is -2.32. The summed E-state index contributed by atoms with van der Waals surface area (Å²) in [4.78, 5) is 53.2. The number of ether oxygens (including phenoxy) is 3. The Kier molecular flexibility index (Phi) is 15.0. The van der Waals surface area contributed by atoms with Crippen molar-refractivity contribution in [2.24, 2.45) is 0 Å². The highest BCUT2D eigenvalue weighted by Crippen LogP contribution is 2.33. The number of phenolic OH excluding ortho intramolecular Hbond substituents is 1. The largest absolute Gasteiger partial charge is 0.508 e. The normalized spacial score (nSPS) is 16.1. The van der Waals surface area contributed by atoms with Crippen molar-refractivity contribution in [1.29, 1.82) is 0 Å². The molecule has 0 radical (unpaired) electrons. The molecule has 0 spiro atoms. The van der Waals surface area contributed by atoms with E-state index in [1.165, 1.54) is 12.4 Å². The first kappa shape index (κ1) is 47.0. The number of aromatic nitrogens is 4. The van der Waals surface area contributed by atoms with Crippen molar-refractivity contribution in [3.05, 3.63) is 158 Å². The maximum atomic E-state index is 13.6. The van der Waals surface area contributed by atoms with Crippen molar-refractivity contribution in [2.45, 2.75) is 56.8 Å². The van der Waals surface area contributed by atoms with Crippen LogP contribution in [-0.4, -0.2) is 115 Å². The van der Waals surface area contributed by atoms with E-state index >= 15 is 0 Å². The molecule has 1 N–H and O–H groups in total. The first-order valence-corrected chi connectivity index (χ1v) is 23.8. The van der Waals surface area contributed by atoms with Gasteiger partial charge in [-0.25, -0.2) is 9.97 Å². The van der Waals surface area contributed by atoms with Gasteiger partial charge in [0.15, 0.2) is 0 Å². The topological polar surface area (TPSA) is 160 Å². The Morgan fingerprint density at radius 3 is 1.61 bits per heavy atom. The molecule has 0 saturated carbocycles. The SMILES string of the molecule is C=CC(=O)N1CCC(Oc2ccc(/C=C/C(=O)N3CCC(Oc4ccc(/C=C/C(=O)N5CCC(Oc6cccc(-c7cccc(O)c7)c6)CC5)c(-c5ccncn5)c4)CC3)c(-c3ccnnc3)c2)CC1.